The summed E-state index contributed by atoms with van der Waals surface area (Å²) in [6, 6.07) is 13.3. The van der Waals surface area contributed by atoms with E-state index >= 15 is 0 Å². The zero-order chi connectivity index (χ0) is 19.3. The minimum Gasteiger partial charge on any atom is -0.486 e. The molecule has 1 amide bonds. The first-order valence-electron chi connectivity index (χ1n) is 9.11. The molecular weight excluding hydrogens is 356 g/mol. The SMILES string of the molecule is CCc1ccccc1Nc1cnc(C(=O)Nc2ccc3c(c2)OCCO3)cn1. The quantitative estimate of drug-likeness (QED) is 0.704. The summed E-state index contributed by atoms with van der Waals surface area (Å²) in [5.41, 5.74) is 3.00. The highest BCUT2D eigenvalue weighted by Gasteiger charge is 2.14. The highest BCUT2D eigenvalue weighted by Crippen LogP contribution is 2.32. The summed E-state index contributed by atoms with van der Waals surface area (Å²) >= 11 is 0. The highest BCUT2D eigenvalue weighted by atomic mass is 16.6. The van der Waals surface area contributed by atoms with Crippen LogP contribution in [0.25, 0.3) is 0 Å². The number of aryl methyl sites for hydroxylation is 1. The Balaban J connectivity index is 1.44. The number of hydrogen-bond donors (Lipinski definition) is 2. The maximum atomic E-state index is 12.4. The van der Waals surface area contributed by atoms with Crippen LogP contribution in [-0.4, -0.2) is 29.1 Å². The van der Waals surface area contributed by atoms with E-state index in [-0.39, 0.29) is 11.6 Å². The number of aromatic nitrogens is 2. The summed E-state index contributed by atoms with van der Waals surface area (Å²) in [4.78, 5) is 21.0. The van der Waals surface area contributed by atoms with Crippen LogP contribution in [-0.2, 0) is 6.42 Å². The fraction of sp³-hybridized carbons (Fsp3) is 0.190. The Morgan fingerprint density at radius 3 is 2.64 bits per heavy atom. The first-order chi connectivity index (χ1) is 13.7. The fourth-order valence-corrected chi connectivity index (χ4v) is 2.91. The second-order valence-electron chi connectivity index (χ2n) is 6.24. The van der Waals surface area contributed by atoms with E-state index in [9.17, 15) is 4.79 Å². The molecule has 0 saturated heterocycles. The van der Waals surface area contributed by atoms with Crippen LogP contribution < -0.4 is 20.1 Å². The molecule has 0 unspecified atom stereocenters. The van der Waals surface area contributed by atoms with Crippen LogP contribution in [0.15, 0.2) is 54.9 Å². The van der Waals surface area contributed by atoms with Gasteiger partial charge < -0.3 is 20.1 Å². The molecule has 3 aromatic rings. The maximum absolute atomic E-state index is 12.4. The predicted molar refractivity (Wildman–Crippen MR) is 107 cm³/mol. The smallest absolute Gasteiger partial charge is 0.275 e. The van der Waals surface area contributed by atoms with Gasteiger partial charge in [-0.2, -0.15) is 0 Å². The molecule has 0 spiro atoms. The number of ether oxygens (including phenoxy) is 2. The van der Waals surface area contributed by atoms with Crippen molar-refractivity contribution in [2.24, 2.45) is 0 Å². The molecule has 2 aromatic carbocycles. The van der Waals surface area contributed by atoms with Crippen molar-refractivity contribution in [2.75, 3.05) is 23.8 Å². The molecule has 0 fully saturated rings. The summed E-state index contributed by atoms with van der Waals surface area (Å²) in [6.45, 7) is 3.11. The van der Waals surface area contributed by atoms with Crippen LogP contribution in [0.5, 0.6) is 11.5 Å². The Labute approximate surface area is 162 Å². The van der Waals surface area contributed by atoms with Gasteiger partial charge in [0.15, 0.2) is 11.5 Å². The minimum atomic E-state index is -0.343. The number of benzene rings is 2. The molecule has 0 atom stereocenters. The topological polar surface area (TPSA) is 85.4 Å². The van der Waals surface area contributed by atoms with Crippen molar-refractivity contribution in [2.45, 2.75) is 13.3 Å². The number of para-hydroxylation sites is 1. The average Bonchev–Trinajstić information content (AvgIpc) is 2.74. The van der Waals surface area contributed by atoms with E-state index in [4.69, 9.17) is 9.47 Å². The molecule has 2 N–H and O–H groups in total. The number of carbonyl (C=O) groups is 1. The van der Waals surface area contributed by atoms with Crippen LogP contribution in [0.2, 0.25) is 0 Å². The number of nitrogens with one attached hydrogen (secondary N) is 2. The minimum absolute atomic E-state index is 0.226. The van der Waals surface area contributed by atoms with Crippen molar-refractivity contribution in [3.05, 3.63) is 66.1 Å². The summed E-state index contributed by atoms with van der Waals surface area (Å²) in [6.07, 6.45) is 3.90. The molecule has 7 nitrogen and oxygen atoms in total. The van der Waals surface area contributed by atoms with Crippen LogP contribution in [0.4, 0.5) is 17.2 Å². The van der Waals surface area contributed by atoms with E-state index < -0.39 is 0 Å². The zero-order valence-electron chi connectivity index (χ0n) is 15.4. The van der Waals surface area contributed by atoms with Crippen LogP contribution in [0, 0.1) is 0 Å². The summed E-state index contributed by atoms with van der Waals surface area (Å²) in [5.74, 6) is 1.53. The Morgan fingerprint density at radius 1 is 1.04 bits per heavy atom. The van der Waals surface area contributed by atoms with E-state index in [0.29, 0.717) is 36.2 Å². The summed E-state index contributed by atoms with van der Waals surface area (Å²) < 4.78 is 11.0. The molecular formula is C21H20N4O3. The van der Waals surface area contributed by atoms with E-state index in [1.807, 2.05) is 18.2 Å². The molecule has 4 rings (SSSR count). The molecule has 0 saturated carbocycles. The lowest BCUT2D eigenvalue weighted by molar-refractivity contribution is 0.102. The zero-order valence-corrected chi connectivity index (χ0v) is 15.4. The standard InChI is InChI=1S/C21H20N4O3/c1-2-14-5-3-4-6-16(14)25-20-13-22-17(12-23-20)21(26)24-15-7-8-18-19(11-15)28-10-9-27-18/h3-8,11-13H,2,9-10H2,1H3,(H,23,25)(H,24,26). The van der Waals surface area contributed by atoms with E-state index in [1.165, 1.54) is 11.8 Å². The first-order valence-corrected chi connectivity index (χ1v) is 9.11. The van der Waals surface area contributed by atoms with Crippen molar-refractivity contribution in [1.82, 2.24) is 9.97 Å². The van der Waals surface area contributed by atoms with Gasteiger partial charge in [-0.05, 0) is 30.2 Å². The number of fused-ring (bicyclic) bond motifs is 1. The first kappa shape index (κ1) is 17.8. The number of amides is 1. The van der Waals surface area contributed by atoms with Crippen molar-refractivity contribution < 1.29 is 14.3 Å². The Hall–Kier alpha value is -3.61. The van der Waals surface area contributed by atoms with Gasteiger partial charge in [0.2, 0.25) is 0 Å². The second kappa shape index (κ2) is 7.96. The lowest BCUT2D eigenvalue weighted by Crippen LogP contribution is -2.17. The lowest BCUT2D eigenvalue weighted by Gasteiger charge is -2.18. The monoisotopic (exact) mass is 376 g/mol. The van der Waals surface area contributed by atoms with Gasteiger partial charge in [0.1, 0.15) is 24.7 Å². The predicted octanol–water partition coefficient (Wildman–Crippen LogP) is 3.81. The maximum Gasteiger partial charge on any atom is 0.275 e. The third-order valence-electron chi connectivity index (χ3n) is 4.35. The lowest BCUT2D eigenvalue weighted by atomic mass is 10.1. The highest BCUT2D eigenvalue weighted by molar-refractivity contribution is 6.02. The molecule has 142 valence electrons. The molecule has 0 radical (unpaired) electrons. The fourth-order valence-electron chi connectivity index (χ4n) is 2.91. The second-order valence-corrected chi connectivity index (χ2v) is 6.24. The molecule has 0 aliphatic carbocycles. The summed E-state index contributed by atoms with van der Waals surface area (Å²) in [5, 5.41) is 6.04. The van der Waals surface area contributed by atoms with Crippen molar-refractivity contribution in [1.29, 1.82) is 0 Å². The van der Waals surface area contributed by atoms with Crippen LogP contribution in [0.3, 0.4) is 0 Å². The molecule has 1 aliphatic rings. The average molecular weight is 376 g/mol. The molecule has 2 heterocycles. The number of anilines is 3. The Bertz CT molecular complexity index is 989. The third-order valence-corrected chi connectivity index (χ3v) is 4.35. The van der Waals surface area contributed by atoms with E-state index in [0.717, 1.165) is 12.1 Å². The van der Waals surface area contributed by atoms with Crippen LogP contribution in [0.1, 0.15) is 23.0 Å². The van der Waals surface area contributed by atoms with Gasteiger partial charge >= 0.3 is 0 Å². The molecule has 0 bridgehead atoms. The molecule has 28 heavy (non-hydrogen) atoms. The van der Waals surface area contributed by atoms with Gasteiger partial charge in [0.25, 0.3) is 5.91 Å². The normalized spacial score (nSPS) is 12.3. The molecule has 1 aliphatic heterocycles. The molecule has 1 aromatic heterocycles. The molecule has 7 heteroatoms. The summed E-state index contributed by atoms with van der Waals surface area (Å²) in [7, 11) is 0. The van der Waals surface area contributed by atoms with Gasteiger partial charge in [-0.15, -0.1) is 0 Å². The van der Waals surface area contributed by atoms with Crippen molar-refractivity contribution in [3.8, 4) is 11.5 Å². The van der Waals surface area contributed by atoms with E-state index in [1.54, 1.807) is 24.4 Å². The van der Waals surface area contributed by atoms with Crippen molar-refractivity contribution >= 4 is 23.1 Å². The van der Waals surface area contributed by atoms with Gasteiger partial charge in [-0.25, -0.2) is 9.97 Å². The van der Waals surface area contributed by atoms with Gasteiger partial charge in [-0.3, -0.25) is 4.79 Å². The van der Waals surface area contributed by atoms with Gasteiger partial charge in [0.05, 0.1) is 12.4 Å². The van der Waals surface area contributed by atoms with Crippen molar-refractivity contribution in [3.63, 3.8) is 0 Å². The van der Waals surface area contributed by atoms with E-state index in [2.05, 4.69) is 33.6 Å². The van der Waals surface area contributed by atoms with Gasteiger partial charge in [0, 0.05) is 17.4 Å². The largest absolute Gasteiger partial charge is 0.486 e. The van der Waals surface area contributed by atoms with Gasteiger partial charge in [-0.1, -0.05) is 25.1 Å². The number of hydrogen-bond acceptors (Lipinski definition) is 6. The van der Waals surface area contributed by atoms with Crippen LogP contribution >= 0.6 is 0 Å². The number of rotatable bonds is 5. The third kappa shape index (κ3) is 3.88. The Morgan fingerprint density at radius 2 is 1.86 bits per heavy atom. The number of carbonyl (C=O) groups excluding carboxylic acids is 1. The number of nitrogens with zero attached hydrogens (tertiary/aromatic N) is 2. The Kier molecular flexibility index (Phi) is 5.05.